The molecule has 1 aliphatic carbocycles. The van der Waals surface area contributed by atoms with E-state index in [1.54, 1.807) is 12.1 Å². The third-order valence-electron chi connectivity index (χ3n) is 7.12. The van der Waals surface area contributed by atoms with Gasteiger partial charge in [0.2, 0.25) is 5.91 Å². The molecule has 1 saturated heterocycles. The summed E-state index contributed by atoms with van der Waals surface area (Å²) < 4.78 is 0. The van der Waals surface area contributed by atoms with E-state index in [0.717, 1.165) is 37.3 Å². The summed E-state index contributed by atoms with van der Waals surface area (Å²) in [7, 11) is 0. The summed E-state index contributed by atoms with van der Waals surface area (Å²) in [5.41, 5.74) is 2.10. The highest BCUT2D eigenvalue weighted by Gasteiger charge is 2.43. The van der Waals surface area contributed by atoms with Gasteiger partial charge in [-0.15, -0.1) is 0 Å². The fraction of sp³-hybridized carbons (Fsp3) is 0.682. The average Bonchev–Trinajstić information content (AvgIpc) is 3.27. The molecule has 0 aromatic heterocycles. The van der Waals surface area contributed by atoms with Gasteiger partial charge in [-0.1, -0.05) is 19.8 Å². The number of anilines is 1. The molecule has 7 heteroatoms. The molecule has 1 amide bonds. The molecule has 29 heavy (non-hydrogen) atoms. The van der Waals surface area contributed by atoms with Crippen molar-refractivity contribution in [2.75, 3.05) is 24.5 Å². The molecule has 0 radical (unpaired) electrons. The van der Waals surface area contributed by atoms with E-state index in [0.29, 0.717) is 12.5 Å². The number of fused-ring (bicyclic) bond motifs is 3. The molecule has 2 fully saturated rings. The number of carbonyl (C=O) groups excluding carboxylic acids is 1. The van der Waals surface area contributed by atoms with Crippen molar-refractivity contribution in [2.45, 2.75) is 70.5 Å². The molecular weight excluding hydrogens is 368 g/mol. The first-order valence-electron chi connectivity index (χ1n) is 11.1. The van der Waals surface area contributed by atoms with Crippen LogP contribution in [0, 0.1) is 16.0 Å². The monoisotopic (exact) mass is 400 g/mol. The average molecular weight is 401 g/mol. The van der Waals surface area contributed by atoms with Crippen LogP contribution in [0.25, 0.3) is 0 Å². The maximum Gasteiger partial charge on any atom is 0.269 e. The third-order valence-corrected chi connectivity index (χ3v) is 7.12. The van der Waals surface area contributed by atoms with Gasteiger partial charge in [0.25, 0.3) is 5.69 Å². The molecule has 7 nitrogen and oxygen atoms in total. The Hall–Kier alpha value is -2.15. The van der Waals surface area contributed by atoms with Gasteiger partial charge >= 0.3 is 0 Å². The number of benzene rings is 1. The summed E-state index contributed by atoms with van der Waals surface area (Å²) in [5, 5.41) is 14.4. The molecule has 158 valence electrons. The van der Waals surface area contributed by atoms with E-state index in [1.165, 1.54) is 25.7 Å². The first-order chi connectivity index (χ1) is 14.0. The van der Waals surface area contributed by atoms with E-state index < -0.39 is 0 Å². The summed E-state index contributed by atoms with van der Waals surface area (Å²) in [6.45, 7) is 6.87. The molecule has 0 unspecified atom stereocenters. The number of nitro benzene ring substituents is 1. The maximum atomic E-state index is 13.2. The Morgan fingerprint density at radius 3 is 2.76 bits per heavy atom. The first kappa shape index (κ1) is 20.1. The standard InChI is InChI=1S/C22H32N4O3/c1-3-15(2)23-22(27)19-13-16-12-18(26(28)29)8-9-20(16)25-11-10-24(14-21(19)25)17-6-4-5-7-17/h8-9,12,15,17,19,21H,3-7,10-11,13-14H2,1-2H3,(H,23,27)/t15-,19+,21+/m0/s1. The highest BCUT2D eigenvalue weighted by Crippen LogP contribution is 2.39. The van der Waals surface area contributed by atoms with Gasteiger partial charge < -0.3 is 10.2 Å². The van der Waals surface area contributed by atoms with Crippen molar-refractivity contribution >= 4 is 17.3 Å². The summed E-state index contributed by atoms with van der Waals surface area (Å²) in [5.74, 6) is -0.0949. The van der Waals surface area contributed by atoms with Gasteiger partial charge in [-0.05, 0) is 44.2 Å². The molecular formula is C22H32N4O3. The summed E-state index contributed by atoms with van der Waals surface area (Å²) in [6, 6.07) is 6.05. The normalized spacial score (nSPS) is 25.9. The van der Waals surface area contributed by atoms with Crippen LogP contribution in [0.4, 0.5) is 11.4 Å². The lowest BCUT2D eigenvalue weighted by molar-refractivity contribution is -0.384. The number of nitrogens with one attached hydrogen (secondary N) is 1. The molecule has 1 aromatic carbocycles. The van der Waals surface area contributed by atoms with Crippen LogP contribution in [-0.2, 0) is 11.2 Å². The van der Waals surface area contributed by atoms with Gasteiger partial charge in [0.15, 0.2) is 0 Å². The van der Waals surface area contributed by atoms with Gasteiger partial charge in [-0.2, -0.15) is 0 Å². The molecule has 3 aliphatic rings. The number of piperazine rings is 1. The Bertz CT molecular complexity index is 777. The van der Waals surface area contributed by atoms with Crippen molar-refractivity contribution in [2.24, 2.45) is 5.92 Å². The lowest BCUT2D eigenvalue weighted by atomic mass is 9.82. The Balaban J connectivity index is 1.63. The molecule has 1 N–H and O–H groups in total. The van der Waals surface area contributed by atoms with Crippen molar-refractivity contribution < 1.29 is 9.72 Å². The zero-order valence-electron chi connectivity index (χ0n) is 17.5. The van der Waals surface area contributed by atoms with Crippen LogP contribution >= 0.6 is 0 Å². The number of rotatable bonds is 5. The quantitative estimate of drug-likeness (QED) is 0.607. The van der Waals surface area contributed by atoms with Crippen molar-refractivity contribution in [1.29, 1.82) is 0 Å². The largest absolute Gasteiger partial charge is 0.365 e. The van der Waals surface area contributed by atoms with Gasteiger partial charge in [0.1, 0.15) is 0 Å². The highest BCUT2D eigenvalue weighted by molar-refractivity contribution is 5.82. The number of nitrogens with zero attached hydrogens (tertiary/aromatic N) is 3. The number of hydrogen-bond donors (Lipinski definition) is 1. The third kappa shape index (κ3) is 3.97. The summed E-state index contributed by atoms with van der Waals surface area (Å²) >= 11 is 0. The second kappa shape index (κ2) is 8.30. The van der Waals surface area contributed by atoms with Gasteiger partial charge in [0.05, 0.1) is 16.9 Å². The van der Waals surface area contributed by atoms with E-state index in [-0.39, 0.29) is 34.5 Å². The second-order valence-corrected chi connectivity index (χ2v) is 8.89. The fourth-order valence-corrected chi connectivity index (χ4v) is 5.30. The minimum absolute atomic E-state index is 0.0831. The molecule has 2 aliphatic heterocycles. The van der Waals surface area contributed by atoms with Crippen LogP contribution in [0.15, 0.2) is 18.2 Å². The van der Waals surface area contributed by atoms with Crippen molar-refractivity contribution in [3.63, 3.8) is 0 Å². The predicted molar refractivity (Wildman–Crippen MR) is 113 cm³/mol. The highest BCUT2D eigenvalue weighted by atomic mass is 16.6. The lowest BCUT2D eigenvalue weighted by Gasteiger charge is -2.50. The van der Waals surface area contributed by atoms with Crippen LogP contribution in [0.1, 0.15) is 51.5 Å². The lowest BCUT2D eigenvalue weighted by Crippen LogP contribution is -2.62. The van der Waals surface area contributed by atoms with Crippen LogP contribution in [0.5, 0.6) is 0 Å². The Kier molecular flexibility index (Phi) is 5.76. The van der Waals surface area contributed by atoms with Gasteiger partial charge in [-0.3, -0.25) is 19.8 Å². The molecule has 1 aromatic rings. The van der Waals surface area contributed by atoms with Crippen molar-refractivity contribution in [1.82, 2.24) is 10.2 Å². The van der Waals surface area contributed by atoms with E-state index >= 15 is 0 Å². The molecule has 2 heterocycles. The molecule has 4 rings (SSSR count). The van der Waals surface area contributed by atoms with Crippen molar-refractivity contribution in [3.8, 4) is 0 Å². The van der Waals surface area contributed by atoms with Crippen LogP contribution in [-0.4, -0.2) is 53.5 Å². The number of non-ortho nitro benzene ring substituents is 1. The number of nitro groups is 1. The maximum absolute atomic E-state index is 13.2. The van der Waals surface area contributed by atoms with Crippen LogP contribution < -0.4 is 10.2 Å². The van der Waals surface area contributed by atoms with Gasteiger partial charge in [0, 0.05) is 49.5 Å². The van der Waals surface area contributed by atoms with Crippen LogP contribution in [0.2, 0.25) is 0 Å². The smallest absolute Gasteiger partial charge is 0.269 e. The Morgan fingerprint density at radius 2 is 2.07 bits per heavy atom. The van der Waals surface area contributed by atoms with Crippen molar-refractivity contribution in [3.05, 3.63) is 33.9 Å². The minimum atomic E-state index is -0.349. The molecule has 1 saturated carbocycles. The zero-order valence-corrected chi connectivity index (χ0v) is 17.5. The SMILES string of the molecule is CC[C@H](C)NC(=O)[C@@H]1Cc2cc([N+](=O)[O-])ccc2N2CCN(C3CCCC3)C[C@H]12. The summed E-state index contributed by atoms with van der Waals surface area (Å²) in [4.78, 5) is 29.0. The number of hydrogen-bond acceptors (Lipinski definition) is 5. The number of amides is 1. The van der Waals surface area contributed by atoms with E-state index in [2.05, 4.69) is 22.0 Å². The van der Waals surface area contributed by atoms with E-state index in [4.69, 9.17) is 0 Å². The molecule has 3 atom stereocenters. The minimum Gasteiger partial charge on any atom is -0.365 e. The van der Waals surface area contributed by atoms with Crippen LogP contribution in [0.3, 0.4) is 0 Å². The van der Waals surface area contributed by atoms with E-state index in [9.17, 15) is 14.9 Å². The van der Waals surface area contributed by atoms with E-state index in [1.807, 2.05) is 13.0 Å². The fourth-order valence-electron chi connectivity index (χ4n) is 5.30. The first-order valence-corrected chi connectivity index (χ1v) is 11.1. The molecule has 0 spiro atoms. The Morgan fingerprint density at radius 1 is 1.31 bits per heavy atom. The zero-order chi connectivity index (χ0) is 20.5. The van der Waals surface area contributed by atoms with Gasteiger partial charge in [-0.25, -0.2) is 0 Å². The number of carbonyl (C=O) groups is 1. The predicted octanol–water partition coefficient (Wildman–Crippen LogP) is 3.12. The topological polar surface area (TPSA) is 78.7 Å². The summed E-state index contributed by atoms with van der Waals surface area (Å²) in [6.07, 6.45) is 6.60. The Labute approximate surface area is 172 Å². The second-order valence-electron chi connectivity index (χ2n) is 8.89. The molecule has 0 bridgehead atoms.